The lowest BCUT2D eigenvalue weighted by Crippen LogP contribution is -2.39. The lowest BCUT2D eigenvalue weighted by atomic mass is 10.0. The number of morpholine rings is 1. The van der Waals surface area contributed by atoms with Gasteiger partial charge in [0.1, 0.15) is 0 Å². The molecule has 0 bridgehead atoms. The molecule has 1 fully saturated rings. The van der Waals surface area contributed by atoms with Gasteiger partial charge in [-0.05, 0) is 12.5 Å². The first-order valence-corrected chi connectivity index (χ1v) is 6.12. The average molecular weight is 235 g/mol. The van der Waals surface area contributed by atoms with E-state index in [0.29, 0.717) is 0 Å². The number of thiocarbonyl (C=S) groups is 1. The van der Waals surface area contributed by atoms with Crippen molar-refractivity contribution in [3.63, 3.8) is 0 Å². The predicted octanol–water partition coefficient (Wildman–Crippen LogP) is 2.37. The van der Waals surface area contributed by atoms with Crippen molar-refractivity contribution < 1.29 is 4.74 Å². The number of benzene rings is 1. The summed E-state index contributed by atoms with van der Waals surface area (Å²) in [7, 11) is 0. The van der Waals surface area contributed by atoms with E-state index in [1.54, 1.807) is 0 Å². The van der Waals surface area contributed by atoms with Gasteiger partial charge in [-0.2, -0.15) is 0 Å². The molecule has 3 heteroatoms. The molecule has 1 aliphatic heterocycles. The Morgan fingerprint density at radius 1 is 1.25 bits per heavy atom. The fourth-order valence-electron chi connectivity index (χ4n) is 1.99. The van der Waals surface area contributed by atoms with Crippen LogP contribution in [-0.4, -0.2) is 36.6 Å². The maximum Gasteiger partial charge on any atom is 0.0636 e. The van der Waals surface area contributed by atoms with E-state index in [4.69, 9.17) is 17.0 Å². The van der Waals surface area contributed by atoms with E-state index in [9.17, 15) is 0 Å². The highest BCUT2D eigenvalue weighted by atomic mass is 32.1. The van der Waals surface area contributed by atoms with Gasteiger partial charge in [0.2, 0.25) is 0 Å². The van der Waals surface area contributed by atoms with Crippen LogP contribution < -0.4 is 0 Å². The summed E-state index contributed by atoms with van der Waals surface area (Å²) >= 11 is 5.16. The molecule has 2 rings (SSSR count). The molecule has 86 valence electrons. The Bertz CT molecular complexity index is 343. The van der Waals surface area contributed by atoms with Gasteiger partial charge in [-0.25, -0.2) is 0 Å². The summed E-state index contributed by atoms with van der Waals surface area (Å²) in [5, 5.41) is 1.86. The molecular weight excluding hydrogens is 218 g/mol. The van der Waals surface area contributed by atoms with Crippen molar-refractivity contribution in [3.05, 3.63) is 35.4 Å². The average Bonchev–Trinajstić information content (AvgIpc) is 2.34. The molecule has 1 atom stereocenters. The minimum atomic E-state index is 0.250. The lowest BCUT2D eigenvalue weighted by molar-refractivity contribution is 0.0298. The Balaban J connectivity index is 2.14. The van der Waals surface area contributed by atoms with Gasteiger partial charge >= 0.3 is 0 Å². The Kier molecular flexibility index (Phi) is 4.04. The number of rotatable bonds is 3. The monoisotopic (exact) mass is 235 g/mol. The van der Waals surface area contributed by atoms with Gasteiger partial charge < -0.3 is 4.74 Å². The topological polar surface area (TPSA) is 12.5 Å². The molecular formula is C13H17NOS. The van der Waals surface area contributed by atoms with Crippen LogP contribution in [0.2, 0.25) is 0 Å². The fraction of sp³-hybridized carbons (Fsp3) is 0.462. The highest BCUT2D eigenvalue weighted by Gasteiger charge is 2.20. The van der Waals surface area contributed by atoms with Crippen molar-refractivity contribution in [2.45, 2.75) is 13.0 Å². The molecule has 1 unspecified atom stereocenters. The molecule has 0 aromatic heterocycles. The predicted molar refractivity (Wildman–Crippen MR) is 70.0 cm³/mol. The second kappa shape index (κ2) is 5.53. The normalized spacial score (nSPS) is 19.3. The lowest BCUT2D eigenvalue weighted by Gasteiger charge is -2.32. The third-order valence-electron chi connectivity index (χ3n) is 2.99. The SMILES string of the molecule is Cc1ccc(C(C=S)N2CCOCC2)cc1. The zero-order valence-corrected chi connectivity index (χ0v) is 10.4. The van der Waals surface area contributed by atoms with Crippen molar-refractivity contribution in [2.75, 3.05) is 26.3 Å². The summed E-state index contributed by atoms with van der Waals surface area (Å²) in [6, 6.07) is 8.86. The minimum Gasteiger partial charge on any atom is -0.379 e. The summed E-state index contributed by atoms with van der Waals surface area (Å²) in [6.07, 6.45) is 0. The van der Waals surface area contributed by atoms with Gasteiger partial charge in [-0.1, -0.05) is 42.0 Å². The van der Waals surface area contributed by atoms with E-state index < -0.39 is 0 Å². The van der Waals surface area contributed by atoms with Crippen molar-refractivity contribution in [2.24, 2.45) is 0 Å². The molecule has 1 aliphatic rings. The Hall–Kier alpha value is -0.770. The van der Waals surface area contributed by atoms with Crippen LogP contribution in [0.1, 0.15) is 17.2 Å². The maximum atomic E-state index is 5.36. The molecule has 0 saturated carbocycles. The second-order valence-corrected chi connectivity index (χ2v) is 4.41. The summed E-state index contributed by atoms with van der Waals surface area (Å²) in [4.78, 5) is 2.38. The molecule has 1 heterocycles. The number of hydrogen-bond acceptors (Lipinski definition) is 3. The number of nitrogens with zero attached hydrogens (tertiary/aromatic N) is 1. The maximum absolute atomic E-state index is 5.36. The van der Waals surface area contributed by atoms with E-state index >= 15 is 0 Å². The Morgan fingerprint density at radius 3 is 2.44 bits per heavy atom. The van der Waals surface area contributed by atoms with Crippen LogP contribution in [0.15, 0.2) is 24.3 Å². The van der Waals surface area contributed by atoms with Gasteiger partial charge in [0.05, 0.1) is 19.3 Å². The van der Waals surface area contributed by atoms with Crippen molar-refractivity contribution >= 4 is 17.6 Å². The van der Waals surface area contributed by atoms with Crippen molar-refractivity contribution in [1.82, 2.24) is 4.90 Å². The van der Waals surface area contributed by atoms with Gasteiger partial charge in [-0.15, -0.1) is 0 Å². The molecule has 0 aliphatic carbocycles. The van der Waals surface area contributed by atoms with Crippen LogP contribution in [0.4, 0.5) is 0 Å². The molecule has 1 aromatic rings. The molecule has 2 nitrogen and oxygen atoms in total. The van der Waals surface area contributed by atoms with E-state index in [1.807, 2.05) is 5.37 Å². The largest absolute Gasteiger partial charge is 0.379 e. The molecule has 1 saturated heterocycles. The van der Waals surface area contributed by atoms with Crippen molar-refractivity contribution in [1.29, 1.82) is 0 Å². The zero-order valence-electron chi connectivity index (χ0n) is 9.56. The second-order valence-electron chi connectivity index (χ2n) is 4.14. The first kappa shape index (κ1) is 11.7. The van der Waals surface area contributed by atoms with Gasteiger partial charge in [0.15, 0.2) is 0 Å². The Morgan fingerprint density at radius 2 is 1.88 bits per heavy atom. The van der Waals surface area contributed by atoms with Crippen LogP contribution in [-0.2, 0) is 4.74 Å². The summed E-state index contributed by atoms with van der Waals surface area (Å²) < 4.78 is 5.36. The fourth-order valence-corrected chi connectivity index (χ4v) is 2.32. The molecule has 0 radical (unpaired) electrons. The third-order valence-corrected chi connectivity index (χ3v) is 3.24. The molecule has 0 spiro atoms. The number of ether oxygens (including phenoxy) is 1. The molecule has 16 heavy (non-hydrogen) atoms. The van der Waals surface area contributed by atoms with Crippen LogP contribution in [0.3, 0.4) is 0 Å². The molecule has 1 aromatic carbocycles. The van der Waals surface area contributed by atoms with Gasteiger partial charge in [-0.3, -0.25) is 4.90 Å². The van der Waals surface area contributed by atoms with E-state index in [0.717, 1.165) is 26.3 Å². The third kappa shape index (κ3) is 2.67. The number of hydrogen-bond donors (Lipinski definition) is 0. The summed E-state index contributed by atoms with van der Waals surface area (Å²) in [6.45, 7) is 5.65. The van der Waals surface area contributed by atoms with Crippen LogP contribution in [0, 0.1) is 6.92 Å². The quantitative estimate of drug-likeness (QED) is 0.746. The standard InChI is InChI=1S/C13H17NOS/c1-11-2-4-12(5-3-11)13(10-16)14-6-8-15-9-7-14/h2-5,10,13H,6-9H2,1H3. The first-order chi connectivity index (χ1) is 7.81. The molecule has 0 N–H and O–H groups in total. The first-order valence-electron chi connectivity index (χ1n) is 5.65. The van der Waals surface area contributed by atoms with E-state index in [-0.39, 0.29) is 6.04 Å². The molecule has 0 amide bonds. The van der Waals surface area contributed by atoms with Gasteiger partial charge in [0.25, 0.3) is 0 Å². The summed E-state index contributed by atoms with van der Waals surface area (Å²) in [5.74, 6) is 0. The highest BCUT2D eigenvalue weighted by Crippen LogP contribution is 2.20. The van der Waals surface area contributed by atoms with Crippen LogP contribution in [0.5, 0.6) is 0 Å². The van der Waals surface area contributed by atoms with Crippen LogP contribution >= 0.6 is 12.2 Å². The smallest absolute Gasteiger partial charge is 0.0636 e. The summed E-state index contributed by atoms with van der Waals surface area (Å²) in [5.41, 5.74) is 2.57. The highest BCUT2D eigenvalue weighted by molar-refractivity contribution is 7.79. The zero-order chi connectivity index (χ0) is 11.4. The van der Waals surface area contributed by atoms with E-state index in [1.165, 1.54) is 11.1 Å². The van der Waals surface area contributed by atoms with Crippen LogP contribution in [0.25, 0.3) is 0 Å². The van der Waals surface area contributed by atoms with Gasteiger partial charge in [0, 0.05) is 18.5 Å². The van der Waals surface area contributed by atoms with E-state index in [2.05, 4.69) is 36.1 Å². The Labute approximate surface area is 102 Å². The number of aryl methyl sites for hydroxylation is 1. The minimum absolute atomic E-state index is 0.250. The van der Waals surface area contributed by atoms with Crippen molar-refractivity contribution in [3.8, 4) is 0 Å².